The Labute approximate surface area is 88.6 Å². The highest BCUT2D eigenvalue weighted by Gasteiger charge is 2.20. The molecule has 1 aromatic rings. The Kier molecular flexibility index (Phi) is 2.83. The molecule has 5 nitrogen and oxygen atoms in total. The molecule has 1 unspecified atom stereocenters. The van der Waals surface area contributed by atoms with Crippen molar-refractivity contribution in [3.8, 4) is 0 Å². The third-order valence-electron chi connectivity index (χ3n) is 2.55. The molecule has 1 aromatic heterocycles. The van der Waals surface area contributed by atoms with Crippen LogP contribution < -0.4 is 5.73 Å². The van der Waals surface area contributed by atoms with Gasteiger partial charge in [-0.05, 0) is 13.8 Å². The van der Waals surface area contributed by atoms with Gasteiger partial charge in [0.15, 0.2) is 5.82 Å². The highest BCUT2D eigenvalue weighted by Crippen LogP contribution is 2.20. The lowest BCUT2D eigenvalue weighted by Crippen LogP contribution is -2.24. The molecule has 1 atom stereocenters. The Morgan fingerprint density at radius 1 is 1.27 bits per heavy atom. The van der Waals surface area contributed by atoms with E-state index in [1.54, 1.807) is 0 Å². The summed E-state index contributed by atoms with van der Waals surface area (Å²) in [6.45, 7) is 5.55. The second-order valence-corrected chi connectivity index (χ2v) is 3.61. The minimum atomic E-state index is -0.180. The molecule has 0 saturated carbocycles. The summed E-state index contributed by atoms with van der Waals surface area (Å²) < 4.78 is 10.8. The quantitative estimate of drug-likeness (QED) is 0.739. The van der Waals surface area contributed by atoms with E-state index in [4.69, 9.17) is 15.2 Å². The Bertz CT molecular complexity index is 339. The lowest BCUT2D eigenvalue weighted by molar-refractivity contribution is -0.0935. The average molecular weight is 209 g/mol. The van der Waals surface area contributed by atoms with E-state index >= 15 is 0 Å². The highest BCUT2D eigenvalue weighted by atomic mass is 16.6. The summed E-state index contributed by atoms with van der Waals surface area (Å²) in [7, 11) is 0. The number of hydrogen-bond acceptors (Lipinski definition) is 5. The predicted octanol–water partition coefficient (Wildman–Crippen LogP) is 0.764. The molecule has 82 valence electrons. The molecule has 0 amide bonds. The van der Waals surface area contributed by atoms with Crippen LogP contribution in [0.15, 0.2) is 0 Å². The van der Waals surface area contributed by atoms with Gasteiger partial charge >= 0.3 is 0 Å². The number of aromatic nitrogens is 2. The Hall–Kier alpha value is -1.20. The van der Waals surface area contributed by atoms with Gasteiger partial charge in [0.2, 0.25) is 0 Å². The van der Waals surface area contributed by atoms with Crippen LogP contribution in [0.25, 0.3) is 0 Å². The van der Waals surface area contributed by atoms with Crippen molar-refractivity contribution >= 4 is 5.82 Å². The maximum absolute atomic E-state index is 5.78. The topological polar surface area (TPSA) is 70.3 Å². The molecule has 1 aliphatic rings. The molecule has 1 fully saturated rings. The monoisotopic (exact) mass is 209 g/mol. The molecule has 1 aliphatic heterocycles. The number of nitrogens with zero attached hydrogens (tertiary/aromatic N) is 2. The van der Waals surface area contributed by atoms with Crippen LogP contribution in [0.1, 0.15) is 23.2 Å². The lowest BCUT2D eigenvalue weighted by atomic mass is 10.2. The molecule has 0 spiro atoms. The van der Waals surface area contributed by atoms with Gasteiger partial charge in [-0.25, -0.2) is 9.97 Å². The summed E-state index contributed by atoms with van der Waals surface area (Å²) in [4.78, 5) is 8.58. The van der Waals surface area contributed by atoms with Crippen LogP contribution >= 0.6 is 0 Å². The number of hydrogen-bond donors (Lipinski definition) is 1. The molecule has 2 heterocycles. The maximum atomic E-state index is 5.78. The van der Waals surface area contributed by atoms with Gasteiger partial charge in [0.05, 0.1) is 19.8 Å². The van der Waals surface area contributed by atoms with Crippen molar-refractivity contribution in [1.82, 2.24) is 9.97 Å². The van der Waals surface area contributed by atoms with E-state index in [-0.39, 0.29) is 6.10 Å². The number of ether oxygens (including phenoxy) is 2. The Balaban J connectivity index is 2.27. The van der Waals surface area contributed by atoms with Gasteiger partial charge in [0, 0.05) is 11.3 Å². The average Bonchev–Trinajstić information content (AvgIpc) is 2.26. The first-order valence-corrected chi connectivity index (χ1v) is 4.98. The summed E-state index contributed by atoms with van der Waals surface area (Å²) in [6, 6.07) is 0. The molecule has 0 bridgehead atoms. The van der Waals surface area contributed by atoms with E-state index in [1.165, 1.54) is 0 Å². The minimum absolute atomic E-state index is 0.180. The van der Waals surface area contributed by atoms with Gasteiger partial charge in [-0.3, -0.25) is 0 Å². The van der Waals surface area contributed by atoms with Gasteiger partial charge in [0.25, 0.3) is 0 Å². The Morgan fingerprint density at radius 2 is 2.07 bits per heavy atom. The molecule has 0 aromatic carbocycles. The van der Waals surface area contributed by atoms with Crippen LogP contribution in [0.3, 0.4) is 0 Å². The third-order valence-corrected chi connectivity index (χ3v) is 2.55. The smallest absolute Gasteiger partial charge is 0.162 e. The summed E-state index contributed by atoms with van der Waals surface area (Å²) in [5, 5.41) is 0. The van der Waals surface area contributed by atoms with Crippen molar-refractivity contribution in [3.05, 3.63) is 17.1 Å². The molecular weight excluding hydrogens is 194 g/mol. The minimum Gasteiger partial charge on any atom is -0.383 e. The fourth-order valence-corrected chi connectivity index (χ4v) is 1.45. The maximum Gasteiger partial charge on any atom is 0.162 e. The molecule has 2 N–H and O–H groups in total. The fraction of sp³-hybridized carbons (Fsp3) is 0.600. The predicted molar refractivity (Wildman–Crippen MR) is 55.4 cm³/mol. The van der Waals surface area contributed by atoms with E-state index in [9.17, 15) is 0 Å². The summed E-state index contributed by atoms with van der Waals surface area (Å²) >= 11 is 0. The molecular formula is C10H15N3O2. The van der Waals surface area contributed by atoms with Crippen LogP contribution in [0.5, 0.6) is 0 Å². The molecule has 1 saturated heterocycles. The second kappa shape index (κ2) is 4.12. The molecule has 5 heteroatoms. The zero-order valence-electron chi connectivity index (χ0n) is 8.99. The van der Waals surface area contributed by atoms with Crippen molar-refractivity contribution in [3.63, 3.8) is 0 Å². The first-order chi connectivity index (χ1) is 7.18. The van der Waals surface area contributed by atoms with Crippen LogP contribution in [-0.4, -0.2) is 29.8 Å². The van der Waals surface area contributed by atoms with Crippen molar-refractivity contribution < 1.29 is 9.47 Å². The van der Waals surface area contributed by atoms with Crippen molar-refractivity contribution in [2.75, 3.05) is 25.6 Å². The third kappa shape index (κ3) is 2.08. The summed E-state index contributed by atoms with van der Waals surface area (Å²) in [6.07, 6.45) is -0.180. The first kappa shape index (κ1) is 10.3. The van der Waals surface area contributed by atoms with Crippen LogP contribution in [0.4, 0.5) is 5.82 Å². The number of rotatable bonds is 1. The largest absolute Gasteiger partial charge is 0.383 e. The zero-order chi connectivity index (χ0) is 10.8. The molecule has 0 aliphatic carbocycles. The second-order valence-electron chi connectivity index (χ2n) is 3.61. The summed E-state index contributed by atoms with van der Waals surface area (Å²) in [5.41, 5.74) is 7.60. The first-order valence-electron chi connectivity index (χ1n) is 4.98. The Morgan fingerprint density at radius 3 is 2.67 bits per heavy atom. The van der Waals surface area contributed by atoms with E-state index in [0.29, 0.717) is 31.5 Å². The van der Waals surface area contributed by atoms with E-state index in [0.717, 1.165) is 11.3 Å². The molecule has 2 rings (SSSR count). The van der Waals surface area contributed by atoms with E-state index in [1.807, 2.05) is 13.8 Å². The van der Waals surface area contributed by atoms with E-state index < -0.39 is 0 Å². The van der Waals surface area contributed by atoms with Gasteiger partial charge in [0.1, 0.15) is 11.9 Å². The van der Waals surface area contributed by atoms with Crippen LogP contribution in [-0.2, 0) is 9.47 Å². The fourth-order valence-electron chi connectivity index (χ4n) is 1.45. The standard InChI is InChI=1S/C10H15N3O2/c1-6-7(2)12-10(13-9(6)11)8-5-14-3-4-15-8/h8H,3-5H2,1-2H3,(H2,11,12,13). The van der Waals surface area contributed by atoms with Gasteiger partial charge < -0.3 is 15.2 Å². The SMILES string of the molecule is Cc1nc(C2COCCO2)nc(N)c1C. The van der Waals surface area contributed by atoms with Crippen LogP contribution in [0, 0.1) is 13.8 Å². The highest BCUT2D eigenvalue weighted by molar-refractivity contribution is 5.40. The van der Waals surface area contributed by atoms with Crippen LogP contribution in [0.2, 0.25) is 0 Å². The van der Waals surface area contributed by atoms with Gasteiger partial charge in [-0.1, -0.05) is 0 Å². The number of aryl methyl sites for hydroxylation is 1. The zero-order valence-corrected chi connectivity index (χ0v) is 8.99. The van der Waals surface area contributed by atoms with E-state index in [2.05, 4.69) is 9.97 Å². The lowest BCUT2D eigenvalue weighted by Gasteiger charge is -2.22. The number of nitrogen functional groups attached to an aromatic ring is 1. The number of anilines is 1. The number of nitrogens with two attached hydrogens (primary N) is 1. The summed E-state index contributed by atoms with van der Waals surface area (Å²) in [5.74, 6) is 1.14. The van der Waals surface area contributed by atoms with Gasteiger partial charge in [-0.2, -0.15) is 0 Å². The van der Waals surface area contributed by atoms with Crippen molar-refractivity contribution in [2.24, 2.45) is 0 Å². The molecule has 0 radical (unpaired) electrons. The normalized spacial score (nSPS) is 21.6. The van der Waals surface area contributed by atoms with Crippen molar-refractivity contribution in [1.29, 1.82) is 0 Å². The van der Waals surface area contributed by atoms with Gasteiger partial charge in [-0.15, -0.1) is 0 Å². The van der Waals surface area contributed by atoms with Crippen molar-refractivity contribution in [2.45, 2.75) is 20.0 Å². The molecule has 15 heavy (non-hydrogen) atoms.